The van der Waals surface area contributed by atoms with Crippen LogP contribution in [0.2, 0.25) is 5.15 Å². The third kappa shape index (κ3) is 2.96. The van der Waals surface area contributed by atoms with Gasteiger partial charge in [-0.25, -0.2) is 15.0 Å². The number of aromatic nitrogens is 4. The number of aromatic amines is 1. The van der Waals surface area contributed by atoms with Crippen molar-refractivity contribution < 1.29 is 0 Å². The number of nitrogens with one attached hydrogen (secondary N) is 1. The van der Waals surface area contributed by atoms with Crippen LogP contribution in [0, 0.1) is 13.8 Å². The summed E-state index contributed by atoms with van der Waals surface area (Å²) in [6, 6.07) is 8.18. The Morgan fingerprint density at radius 1 is 1.17 bits per heavy atom. The fraction of sp³-hybridized carbons (Fsp3) is 0.389. The summed E-state index contributed by atoms with van der Waals surface area (Å²) < 4.78 is 0. The zero-order chi connectivity index (χ0) is 16.7. The molecule has 1 fully saturated rings. The lowest BCUT2D eigenvalue weighted by molar-refractivity contribution is 0.492. The third-order valence-corrected chi connectivity index (χ3v) is 4.77. The van der Waals surface area contributed by atoms with Gasteiger partial charge in [0, 0.05) is 25.1 Å². The number of aryl methyl sites for hydroxylation is 2. The Kier molecular flexibility index (Phi) is 3.88. The van der Waals surface area contributed by atoms with Crippen LogP contribution in [-0.2, 0) is 0 Å². The molecule has 6 heteroatoms. The van der Waals surface area contributed by atoms with E-state index < -0.39 is 0 Å². The molecule has 3 aromatic rings. The Morgan fingerprint density at radius 3 is 2.88 bits per heavy atom. The Balaban J connectivity index is 1.61. The molecule has 1 aliphatic rings. The van der Waals surface area contributed by atoms with E-state index in [4.69, 9.17) is 16.6 Å². The van der Waals surface area contributed by atoms with Crippen LogP contribution in [0.25, 0.3) is 11.0 Å². The van der Waals surface area contributed by atoms with Crippen LogP contribution in [0.4, 0.5) is 5.82 Å². The summed E-state index contributed by atoms with van der Waals surface area (Å²) in [6.07, 6.45) is 2.24. The minimum absolute atomic E-state index is 0.375. The molecular formula is C18H20ClN5. The molecule has 3 heterocycles. The number of anilines is 1. The Labute approximate surface area is 146 Å². The van der Waals surface area contributed by atoms with E-state index in [1.165, 1.54) is 5.56 Å². The standard InChI is InChI=1S/C18H20ClN5/c1-11-5-6-14-15(8-11)23-18(22-14)13-4-3-7-24(10-13)17-9-16(19)20-12(2)21-17/h5-6,8-9,13H,3-4,7,10H2,1-2H3,(H,22,23)/t13-/m0/s1. The molecule has 0 saturated carbocycles. The molecule has 1 aliphatic heterocycles. The van der Waals surface area contributed by atoms with E-state index in [0.717, 1.165) is 48.6 Å². The molecule has 4 rings (SSSR count). The van der Waals surface area contributed by atoms with E-state index in [1.54, 1.807) is 0 Å². The van der Waals surface area contributed by atoms with Crippen molar-refractivity contribution in [3.63, 3.8) is 0 Å². The fourth-order valence-corrected chi connectivity index (χ4v) is 3.64. The van der Waals surface area contributed by atoms with Crippen molar-refractivity contribution in [3.8, 4) is 0 Å². The molecule has 1 N–H and O–H groups in total. The van der Waals surface area contributed by atoms with Gasteiger partial charge in [-0.2, -0.15) is 0 Å². The lowest BCUT2D eigenvalue weighted by atomic mass is 9.97. The number of hydrogen-bond acceptors (Lipinski definition) is 4. The molecule has 124 valence electrons. The molecule has 2 aromatic heterocycles. The van der Waals surface area contributed by atoms with Gasteiger partial charge in [0.25, 0.3) is 0 Å². The minimum atomic E-state index is 0.375. The zero-order valence-electron chi connectivity index (χ0n) is 13.9. The van der Waals surface area contributed by atoms with E-state index in [9.17, 15) is 0 Å². The molecule has 1 atom stereocenters. The van der Waals surface area contributed by atoms with Crippen molar-refractivity contribution in [1.82, 2.24) is 19.9 Å². The normalized spacial score (nSPS) is 18.3. The van der Waals surface area contributed by atoms with Crippen LogP contribution in [0.3, 0.4) is 0 Å². The summed E-state index contributed by atoms with van der Waals surface area (Å²) in [5, 5.41) is 0.499. The quantitative estimate of drug-likeness (QED) is 0.715. The molecule has 0 bridgehead atoms. The maximum Gasteiger partial charge on any atom is 0.134 e. The van der Waals surface area contributed by atoms with E-state index in [-0.39, 0.29) is 0 Å². The highest BCUT2D eigenvalue weighted by Gasteiger charge is 2.25. The molecule has 5 nitrogen and oxygen atoms in total. The summed E-state index contributed by atoms with van der Waals surface area (Å²) in [6.45, 7) is 5.86. The smallest absolute Gasteiger partial charge is 0.134 e. The van der Waals surface area contributed by atoms with Crippen molar-refractivity contribution in [2.24, 2.45) is 0 Å². The first kappa shape index (κ1) is 15.4. The van der Waals surface area contributed by atoms with Crippen LogP contribution < -0.4 is 4.90 Å². The summed E-state index contributed by atoms with van der Waals surface area (Å²) in [7, 11) is 0. The second kappa shape index (κ2) is 6.06. The van der Waals surface area contributed by atoms with Gasteiger partial charge in [0.1, 0.15) is 22.6 Å². The molecular weight excluding hydrogens is 322 g/mol. The number of hydrogen-bond donors (Lipinski definition) is 1. The summed E-state index contributed by atoms with van der Waals surface area (Å²) in [4.78, 5) is 19.3. The van der Waals surface area contributed by atoms with Gasteiger partial charge < -0.3 is 9.88 Å². The monoisotopic (exact) mass is 341 g/mol. The Morgan fingerprint density at radius 2 is 2.04 bits per heavy atom. The molecule has 1 aromatic carbocycles. The molecule has 0 unspecified atom stereocenters. The SMILES string of the molecule is Cc1ccc2nc([C@H]3CCCN(c4cc(Cl)nc(C)n4)C3)[nH]c2c1. The molecule has 0 radical (unpaired) electrons. The molecule has 24 heavy (non-hydrogen) atoms. The molecule has 1 saturated heterocycles. The second-order valence-corrected chi connectivity index (χ2v) is 6.91. The van der Waals surface area contributed by atoms with Crippen LogP contribution >= 0.6 is 11.6 Å². The van der Waals surface area contributed by atoms with Crippen LogP contribution in [0.1, 0.15) is 36.0 Å². The first-order chi connectivity index (χ1) is 11.6. The van der Waals surface area contributed by atoms with Crippen molar-refractivity contribution in [2.75, 3.05) is 18.0 Å². The maximum atomic E-state index is 6.09. The summed E-state index contributed by atoms with van der Waals surface area (Å²) >= 11 is 6.09. The van der Waals surface area contributed by atoms with Crippen LogP contribution in [0.5, 0.6) is 0 Å². The Hall–Kier alpha value is -2.14. The minimum Gasteiger partial charge on any atom is -0.356 e. The van der Waals surface area contributed by atoms with Crippen LogP contribution in [-0.4, -0.2) is 33.0 Å². The molecule has 0 aliphatic carbocycles. The van der Waals surface area contributed by atoms with Crippen molar-refractivity contribution in [2.45, 2.75) is 32.6 Å². The van der Waals surface area contributed by atoms with Gasteiger partial charge in [0.05, 0.1) is 11.0 Å². The van der Waals surface area contributed by atoms with Crippen molar-refractivity contribution in [1.29, 1.82) is 0 Å². The molecule has 0 amide bonds. The number of rotatable bonds is 2. The van der Waals surface area contributed by atoms with Gasteiger partial charge in [-0.15, -0.1) is 0 Å². The largest absolute Gasteiger partial charge is 0.356 e. The number of fused-ring (bicyclic) bond motifs is 1. The highest BCUT2D eigenvalue weighted by Crippen LogP contribution is 2.29. The van der Waals surface area contributed by atoms with Crippen molar-refractivity contribution >= 4 is 28.5 Å². The first-order valence-corrected chi connectivity index (χ1v) is 8.69. The maximum absolute atomic E-state index is 6.09. The average Bonchev–Trinajstić information content (AvgIpc) is 2.97. The number of nitrogens with zero attached hydrogens (tertiary/aromatic N) is 4. The van der Waals surface area contributed by atoms with E-state index in [2.05, 4.69) is 45.0 Å². The fourth-order valence-electron chi connectivity index (χ4n) is 3.42. The Bertz CT molecular complexity index is 868. The predicted molar refractivity (Wildman–Crippen MR) is 96.8 cm³/mol. The number of H-pyrrole nitrogens is 1. The lowest BCUT2D eigenvalue weighted by Crippen LogP contribution is -2.35. The number of benzene rings is 1. The van der Waals surface area contributed by atoms with Crippen molar-refractivity contribution in [3.05, 3.63) is 46.6 Å². The number of piperidine rings is 1. The zero-order valence-corrected chi connectivity index (χ0v) is 14.6. The highest BCUT2D eigenvalue weighted by molar-refractivity contribution is 6.29. The van der Waals surface area contributed by atoms with E-state index >= 15 is 0 Å². The predicted octanol–water partition coefficient (Wildman–Crippen LogP) is 4.01. The molecule has 0 spiro atoms. The lowest BCUT2D eigenvalue weighted by Gasteiger charge is -2.32. The van der Waals surface area contributed by atoms with Gasteiger partial charge >= 0.3 is 0 Å². The van der Waals surface area contributed by atoms with Gasteiger partial charge in [0.15, 0.2) is 0 Å². The number of imidazole rings is 1. The van der Waals surface area contributed by atoms with Gasteiger partial charge in [-0.05, 0) is 44.4 Å². The number of halogens is 1. The van der Waals surface area contributed by atoms with Crippen LogP contribution in [0.15, 0.2) is 24.3 Å². The van der Waals surface area contributed by atoms with E-state index in [0.29, 0.717) is 16.9 Å². The first-order valence-electron chi connectivity index (χ1n) is 8.31. The summed E-state index contributed by atoms with van der Waals surface area (Å²) in [5.41, 5.74) is 3.39. The van der Waals surface area contributed by atoms with Gasteiger partial charge in [0.2, 0.25) is 0 Å². The van der Waals surface area contributed by atoms with Gasteiger partial charge in [-0.3, -0.25) is 0 Å². The highest BCUT2D eigenvalue weighted by atomic mass is 35.5. The summed E-state index contributed by atoms with van der Waals surface area (Å²) in [5.74, 6) is 3.06. The third-order valence-electron chi connectivity index (χ3n) is 4.58. The second-order valence-electron chi connectivity index (χ2n) is 6.52. The topological polar surface area (TPSA) is 57.7 Å². The average molecular weight is 342 g/mol. The van der Waals surface area contributed by atoms with E-state index in [1.807, 2.05) is 13.0 Å². The van der Waals surface area contributed by atoms with Gasteiger partial charge in [-0.1, -0.05) is 17.7 Å².